The van der Waals surface area contributed by atoms with E-state index in [0.717, 1.165) is 22.3 Å². The number of carboxylic acid groups (broad SMARTS) is 1. The van der Waals surface area contributed by atoms with Crippen LogP contribution in [0.25, 0.3) is 11.1 Å². The maximum atomic E-state index is 14.9. The number of amides is 9. The lowest BCUT2D eigenvalue weighted by molar-refractivity contribution is -0.157. The summed E-state index contributed by atoms with van der Waals surface area (Å²) in [6.45, 7) is 35.7. The van der Waals surface area contributed by atoms with Crippen LogP contribution in [0.3, 0.4) is 0 Å². The van der Waals surface area contributed by atoms with Gasteiger partial charge in [0.15, 0.2) is 5.78 Å². The van der Waals surface area contributed by atoms with Gasteiger partial charge >= 0.3 is 30.0 Å². The van der Waals surface area contributed by atoms with Crippen molar-refractivity contribution in [2.45, 2.75) is 285 Å². The first-order chi connectivity index (χ1) is 54.6. The van der Waals surface area contributed by atoms with E-state index in [1.807, 2.05) is 76.2 Å². The fourth-order valence-electron chi connectivity index (χ4n) is 13.2. The summed E-state index contributed by atoms with van der Waals surface area (Å²) < 4.78 is 34.0. The molecular formula is C85H126N10O22. The number of ether oxygens (including phenoxy) is 6. The van der Waals surface area contributed by atoms with E-state index < -0.39 is 205 Å². The van der Waals surface area contributed by atoms with Gasteiger partial charge in [-0.3, -0.25) is 67.3 Å². The lowest BCUT2D eigenvalue weighted by Crippen LogP contribution is -2.64. The van der Waals surface area contributed by atoms with Crippen molar-refractivity contribution >= 4 is 88.7 Å². The Morgan fingerprint density at radius 2 is 1.01 bits per heavy atom. The number of carbonyl (C=O) groups excluding carboxylic acids is 13. The number of Topliss-reactive ketones (excluding diaryl/α,β-unsaturated/α-hetero) is 1. The number of aliphatic imine (C=N–C) groups is 1. The van der Waals surface area contributed by atoms with Gasteiger partial charge in [0.05, 0.1) is 35.4 Å². The van der Waals surface area contributed by atoms with E-state index >= 15 is 0 Å². The third-order valence-electron chi connectivity index (χ3n) is 18.7. The molecule has 0 spiro atoms. The van der Waals surface area contributed by atoms with E-state index in [1.165, 1.54) is 53.7 Å². The SMILES string of the molecule is C=CCOC(=O)CCC(NC(=O)[C@H](C)NC(=O)C(CCC(=O)OCC=C)NC(=O)[C@H](CCCCN=C(CC(C)C)C1=C(O)CC(C)(C)CC1=O)NC(=O)OCC1c2ccccc2-c2ccccc21)C(=O)N[C@@H](CC(=O)OC(C)(C)C)C(=O)NC(C(=O)N[C@H](C(=O)NC(C(=O)NCC(=O)O)[C@@H](C)OC(C)(C)C)C(C)OC(C)(C)C)[C@H](C)CC. The van der Waals surface area contributed by atoms with Gasteiger partial charge in [-0.25, -0.2) is 4.79 Å². The highest BCUT2D eigenvalue weighted by Crippen LogP contribution is 2.45. The number of nitrogens with zero attached hydrogens (tertiary/aromatic N) is 1. The summed E-state index contributed by atoms with van der Waals surface area (Å²) in [5, 5.41) is 43.4. The summed E-state index contributed by atoms with van der Waals surface area (Å²) in [6, 6.07) is 2.14. The van der Waals surface area contributed by atoms with E-state index in [0.29, 0.717) is 18.6 Å². The summed E-state index contributed by atoms with van der Waals surface area (Å²) in [5.74, 6) is -13.8. The number of benzene rings is 2. The van der Waals surface area contributed by atoms with Crippen LogP contribution in [0.2, 0.25) is 0 Å². The number of aliphatic hydroxyl groups is 1. The Hall–Kier alpha value is -10.4. The molecule has 117 heavy (non-hydrogen) atoms. The number of carbonyl (C=O) groups is 14. The lowest BCUT2D eigenvalue weighted by Gasteiger charge is -2.35. The van der Waals surface area contributed by atoms with E-state index in [4.69, 9.17) is 33.4 Å². The molecule has 648 valence electrons. The molecule has 2 aliphatic carbocycles. The van der Waals surface area contributed by atoms with Crippen molar-refractivity contribution in [1.29, 1.82) is 0 Å². The van der Waals surface area contributed by atoms with E-state index in [2.05, 4.69) is 61.0 Å². The van der Waals surface area contributed by atoms with Crippen LogP contribution >= 0.6 is 0 Å². The molecule has 0 radical (unpaired) electrons. The quantitative estimate of drug-likeness (QED) is 0.01000. The van der Waals surface area contributed by atoms with Crippen molar-refractivity contribution in [3.05, 3.63) is 96.3 Å². The minimum atomic E-state index is -1.94. The molecule has 0 aliphatic heterocycles. The minimum absolute atomic E-state index is 0.0347. The molecule has 0 saturated carbocycles. The summed E-state index contributed by atoms with van der Waals surface area (Å²) in [7, 11) is 0. The molecule has 4 rings (SSSR count). The summed E-state index contributed by atoms with van der Waals surface area (Å²) >= 11 is 0. The van der Waals surface area contributed by atoms with Gasteiger partial charge in [0.25, 0.3) is 0 Å². The van der Waals surface area contributed by atoms with Gasteiger partial charge in [0.2, 0.25) is 47.3 Å². The van der Waals surface area contributed by atoms with Crippen molar-refractivity contribution in [3.63, 3.8) is 0 Å². The van der Waals surface area contributed by atoms with E-state index in [-0.39, 0.29) is 87.4 Å². The molecule has 32 heteroatoms. The zero-order valence-electron chi connectivity index (χ0n) is 71.2. The van der Waals surface area contributed by atoms with Crippen LogP contribution in [0.15, 0.2) is 90.2 Å². The van der Waals surface area contributed by atoms with Crippen LogP contribution in [0, 0.1) is 17.3 Å². The molecule has 0 aromatic heterocycles. The molecule has 0 heterocycles. The standard InChI is InChI=1S/C85H126N10O22/c1-21-40-112-66(100)37-35-59(90-75(105)58(34-28-29-39-86-61(42-48(4)5)69-63(96)44-85(19,20)45-64(69)97)92-81(111)114-47-57-55-32-26-24-30-53(55)54-31-25-27-33-56(54)57)74(104)88-50(7)73(103)89-60(36-38-67(101)113-41-22-2)76(106)91-62(43-68(102)117-84(16,17)18)77(107)93-70(49(6)23-3)79(109)95-72(52(9)116-83(13,14)15)80(110)94-71(51(8)115-82(10,11)12)78(108)87-46-65(98)99/h21-22,24-27,30-33,48-52,57-60,62,70-72,96H,1-2,23,28-29,34-47H2,3-20H3,(H,87,108)(H,88,104)(H,89,103)(H,90,105)(H,91,106)(H,92,111)(H,93,107)(H,94,110)(H,95,109)(H,98,99)/t49-,50+,51-,52?,58+,59?,60?,62+,70?,71?,72+/m1/s1. The Kier molecular flexibility index (Phi) is 38.9. The second-order valence-electron chi connectivity index (χ2n) is 33.8. The van der Waals surface area contributed by atoms with Gasteiger partial charge in [0.1, 0.15) is 86.1 Å². The first-order valence-corrected chi connectivity index (χ1v) is 39.9. The Balaban J connectivity index is 1.72. The highest BCUT2D eigenvalue weighted by Gasteiger charge is 2.42. The van der Waals surface area contributed by atoms with Gasteiger partial charge in [-0.05, 0) is 161 Å². The number of aliphatic hydroxyl groups excluding tert-OH is 1. The fraction of sp³-hybridized carbons (Fsp3) is 0.612. The number of aliphatic carboxylic acids is 1. The number of ketones is 1. The number of carboxylic acids is 1. The molecule has 0 fully saturated rings. The van der Waals surface area contributed by atoms with E-state index in [9.17, 15) is 77.3 Å². The van der Waals surface area contributed by atoms with Crippen LogP contribution in [0.4, 0.5) is 4.79 Å². The third kappa shape index (κ3) is 34.0. The largest absolute Gasteiger partial charge is 0.511 e. The van der Waals surface area contributed by atoms with Crippen LogP contribution in [-0.4, -0.2) is 209 Å². The zero-order chi connectivity index (χ0) is 88.0. The average molecular weight is 1640 g/mol. The Bertz CT molecular complexity index is 3880. The van der Waals surface area contributed by atoms with Crippen molar-refractivity contribution in [1.82, 2.24) is 47.9 Å². The second kappa shape index (κ2) is 46.0. The lowest BCUT2D eigenvalue weighted by atomic mass is 9.75. The monoisotopic (exact) mass is 1640 g/mol. The topological polar surface area (TPSA) is 455 Å². The molecule has 0 bridgehead atoms. The molecule has 11 atom stereocenters. The Labute approximate surface area is 686 Å². The van der Waals surface area contributed by atoms with Crippen LogP contribution in [0.1, 0.15) is 219 Å². The van der Waals surface area contributed by atoms with Gasteiger partial charge in [-0.2, -0.15) is 0 Å². The number of alkyl carbamates (subject to hydrolysis) is 1. The number of rotatable bonds is 46. The molecule has 32 nitrogen and oxygen atoms in total. The number of unbranched alkanes of at least 4 members (excludes halogenated alkanes) is 1. The predicted octanol–water partition coefficient (Wildman–Crippen LogP) is 7.57. The average Bonchev–Trinajstić information content (AvgIpc) is 1.63. The molecule has 11 N–H and O–H groups in total. The number of hydrogen-bond acceptors (Lipinski definition) is 22. The maximum absolute atomic E-state index is 14.9. The summed E-state index contributed by atoms with van der Waals surface area (Å²) in [6.07, 6.45) is -2.09. The van der Waals surface area contributed by atoms with Crippen LogP contribution in [-0.2, 0) is 90.8 Å². The second-order valence-corrected chi connectivity index (χ2v) is 33.8. The summed E-state index contributed by atoms with van der Waals surface area (Å²) in [5.41, 5.74) is 0.979. The van der Waals surface area contributed by atoms with Crippen molar-refractivity contribution in [2.75, 3.05) is 32.9 Å². The molecule has 2 aliphatic rings. The normalized spacial score (nSPS) is 16.3. The number of fused-ring (bicyclic) bond motifs is 3. The molecule has 2 aromatic carbocycles. The highest BCUT2D eigenvalue weighted by atomic mass is 16.6. The molecular weight excluding hydrogens is 1510 g/mol. The highest BCUT2D eigenvalue weighted by molar-refractivity contribution is 6.23. The maximum Gasteiger partial charge on any atom is 0.407 e. The van der Waals surface area contributed by atoms with E-state index in [1.54, 1.807) is 55.4 Å². The molecule has 9 amide bonds. The molecule has 2 aromatic rings. The van der Waals surface area contributed by atoms with Crippen LogP contribution in [0.5, 0.6) is 0 Å². The van der Waals surface area contributed by atoms with Gasteiger partial charge in [-0.1, -0.05) is 122 Å². The first-order valence-electron chi connectivity index (χ1n) is 39.9. The molecule has 0 saturated heterocycles. The Morgan fingerprint density at radius 1 is 0.547 bits per heavy atom. The van der Waals surface area contributed by atoms with Crippen molar-refractivity contribution in [2.24, 2.45) is 22.2 Å². The van der Waals surface area contributed by atoms with Gasteiger partial charge < -0.3 is 86.5 Å². The number of hydrogen-bond donors (Lipinski definition) is 11. The van der Waals surface area contributed by atoms with Crippen molar-refractivity contribution < 1.29 is 106 Å². The van der Waals surface area contributed by atoms with Crippen molar-refractivity contribution in [3.8, 4) is 11.1 Å². The summed E-state index contributed by atoms with van der Waals surface area (Å²) in [4.78, 5) is 201. The molecule has 5 unspecified atom stereocenters. The van der Waals surface area contributed by atoms with Crippen LogP contribution < -0.4 is 47.9 Å². The Morgan fingerprint density at radius 3 is 1.49 bits per heavy atom. The number of allylic oxidation sites excluding steroid dienone is 2. The number of esters is 3. The fourth-order valence-corrected chi connectivity index (χ4v) is 13.2. The predicted molar refractivity (Wildman–Crippen MR) is 436 cm³/mol. The number of nitrogens with one attached hydrogen (secondary N) is 9. The zero-order valence-corrected chi connectivity index (χ0v) is 71.2. The van der Waals surface area contributed by atoms with Gasteiger partial charge in [-0.15, -0.1) is 0 Å². The van der Waals surface area contributed by atoms with Gasteiger partial charge in [0, 0.05) is 43.9 Å². The smallest absolute Gasteiger partial charge is 0.407 e. The third-order valence-corrected chi connectivity index (χ3v) is 18.7. The first kappa shape index (κ1) is 99.0. The minimum Gasteiger partial charge on any atom is -0.511 e.